The minimum absolute atomic E-state index is 0.392. The third-order valence-electron chi connectivity index (χ3n) is 4.46. The summed E-state index contributed by atoms with van der Waals surface area (Å²) in [5.41, 5.74) is 4.92. The first-order valence-corrected chi connectivity index (χ1v) is 8.50. The second-order valence-corrected chi connectivity index (χ2v) is 6.50. The van der Waals surface area contributed by atoms with Crippen LogP contribution < -0.4 is 10.9 Å². The number of furan rings is 1. The number of rotatable bonds is 3. The first kappa shape index (κ1) is 16.2. The molecule has 0 spiro atoms. The first-order valence-electron chi connectivity index (χ1n) is 8.50. The summed E-state index contributed by atoms with van der Waals surface area (Å²) in [5, 5.41) is 3.80. The van der Waals surface area contributed by atoms with Crippen molar-refractivity contribution in [1.29, 1.82) is 0 Å². The molecule has 4 nitrogen and oxygen atoms in total. The van der Waals surface area contributed by atoms with Gasteiger partial charge in [-0.1, -0.05) is 48.0 Å². The van der Waals surface area contributed by atoms with Crippen LogP contribution in [0, 0.1) is 20.8 Å². The molecule has 0 saturated carbocycles. The summed E-state index contributed by atoms with van der Waals surface area (Å²) in [4.78, 5) is 12.5. The van der Waals surface area contributed by atoms with Crippen molar-refractivity contribution >= 4 is 22.5 Å². The van der Waals surface area contributed by atoms with Crippen molar-refractivity contribution in [3.8, 4) is 11.1 Å². The van der Waals surface area contributed by atoms with E-state index in [2.05, 4.69) is 5.32 Å². The summed E-state index contributed by atoms with van der Waals surface area (Å²) < 4.78 is 11.4. The van der Waals surface area contributed by atoms with Gasteiger partial charge in [-0.25, -0.2) is 4.79 Å². The molecule has 0 saturated heterocycles. The summed E-state index contributed by atoms with van der Waals surface area (Å²) in [7, 11) is 0. The molecule has 4 rings (SSSR count). The normalized spacial score (nSPS) is 11.0. The molecular weight excluding hydrogens is 326 g/mol. The van der Waals surface area contributed by atoms with Gasteiger partial charge in [0.25, 0.3) is 0 Å². The summed E-state index contributed by atoms with van der Waals surface area (Å²) in [5.74, 6) is 1.06. The van der Waals surface area contributed by atoms with E-state index in [0.29, 0.717) is 22.6 Å². The zero-order valence-electron chi connectivity index (χ0n) is 14.9. The van der Waals surface area contributed by atoms with E-state index in [-0.39, 0.29) is 0 Å². The van der Waals surface area contributed by atoms with Crippen molar-refractivity contribution in [1.82, 2.24) is 0 Å². The Kier molecular flexibility index (Phi) is 3.88. The summed E-state index contributed by atoms with van der Waals surface area (Å²) in [6.45, 7) is 5.79. The van der Waals surface area contributed by atoms with Gasteiger partial charge in [0.2, 0.25) is 5.88 Å². The fourth-order valence-corrected chi connectivity index (χ4v) is 3.08. The van der Waals surface area contributed by atoms with Gasteiger partial charge in [0, 0.05) is 11.8 Å². The maximum Gasteiger partial charge on any atom is 0.347 e. The van der Waals surface area contributed by atoms with Crippen molar-refractivity contribution in [2.45, 2.75) is 20.8 Å². The molecule has 4 aromatic rings. The monoisotopic (exact) mass is 345 g/mol. The Hall–Kier alpha value is -3.27. The third kappa shape index (κ3) is 2.80. The van der Waals surface area contributed by atoms with Gasteiger partial charge in [0.15, 0.2) is 0 Å². The number of benzene rings is 2. The quantitative estimate of drug-likeness (QED) is 0.516. The van der Waals surface area contributed by atoms with Crippen LogP contribution in [0.3, 0.4) is 0 Å². The molecule has 0 bridgehead atoms. The molecule has 0 fully saturated rings. The van der Waals surface area contributed by atoms with Gasteiger partial charge in [-0.05, 0) is 38.0 Å². The van der Waals surface area contributed by atoms with Gasteiger partial charge in [0.05, 0.1) is 5.56 Å². The highest BCUT2D eigenvalue weighted by atomic mass is 16.4. The average molecular weight is 345 g/mol. The highest BCUT2D eigenvalue weighted by Gasteiger charge is 2.21. The molecule has 130 valence electrons. The van der Waals surface area contributed by atoms with Crippen molar-refractivity contribution < 1.29 is 8.83 Å². The molecule has 0 unspecified atom stereocenters. The summed E-state index contributed by atoms with van der Waals surface area (Å²) >= 11 is 0. The van der Waals surface area contributed by atoms with Gasteiger partial charge in [0.1, 0.15) is 16.7 Å². The molecular formula is C22H19NO3. The van der Waals surface area contributed by atoms with Crippen LogP contribution in [0.5, 0.6) is 0 Å². The average Bonchev–Trinajstić information content (AvgIpc) is 2.96. The van der Waals surface area contributed by atoms with Crippen LogP contribution in [0.1, 0.15) is 16.9 Å². The van der Waals surface area contributed by atoms with Crippen LogP contribution in [0.15, 0.2) is 68.2 Å². The molecule has 2 aromatic carbocycles. The maximum absolute atomic E-state index is 12.5. The van der Waals surface area contributed by atoms with Gasteiger partial charge in [-0.2, -0.15) is 0 Å². The number of aryl methyl sites for hydroxylation is 3. The van der Waals surface area contributed by atoms with Gasteiger partial charge >= 0.3 is 5.63 Å². The Labute approximate surface area is 151 Å². The van der Waals surface area contributed by atoms with E-state index in [4.69, 9.17) is 8.83 Å². The Morgan fingerprint density at radius 3 is 2.35 bits per heavy atom. The fraction of sp³-hybridized carbons (Fsp3) is 0.136. The lowest BCUT2D eigenvalue weighted by Crippen LogP contribution is -2.00. The predicted octanol–water partition coefficient (Wildman–Crippen LogP) is 5.72. The van der Waals surface area contributed by atoms with E-state index < -0.39 is 5.63 Å². The topological polar surface area (TPSA) is 55.4 Å². The second kappa shape index (κ2) is 6.23. The minimum Gasteiger partial charge on any atom is -0.439 e. The van der Waals surface area contributed by atoms with Crippen LogP contribution in [-0.4, -0.2) is 0 Å². The number of hydrogen-bond acceptors (Lipinski definition) is 4. The molecule has 26 heavy (non-hydrogen) atoms. The largest absolute Gasteiger partial charge is 0.439 e. The fourth-order valence-electron chi connectivity index (χ4n) is 3.08. The van der Waals surface area contributed by atoms with Crippen LogP contribution in [0.2, 0.25) is 0 Å². The Bertz CT molecular complexity index is 1150. The Morgan fingerprint density at radius 2 is 1.62 bits per heavy atom. The molecule has 0 radical (unpaired) electrons. The molecule has 0 atom stereocenters. The smallest absolute Gasteiger partial charge is 0.347 e. The molecule has 1 N–H and O–H groups in total. The number of nitrogens with one attached hydrogen (secondary N) is 1. The summed E-state index contributed by atoms with van der Waals surface area (Å²) in [6.07, 6.45) is 0. The maximum atomic E-state index is 12.5. The lowest BCUT2D eigenvalue weighted by molar-refractivity contribution is 0.485. The lowest BCUT2D eigenvalue weighted by Gasteiger charge is -2.09. The number of hydrogen-bond donors (Lipinski definition) is 1. The van der Waals surface area contributed by atoms with Crippen LogP contribution in [-0.2, 0) is 0 Å². The van der Waals surface area contributed by atoms with Crippen LogP contribution >= 0.6 is 0 Å². The van der Waals surface area contributed by atoms with Crippen molar-refractivity contribution in [3.05, 3.63) is 81.9 Å². The molecule has 2 heterocycles. The molecule has 2 aromatic heterocycles. The zero-order chi connectivity index (χ0) is 18.3. The van der Waals surface area contributed by atoms with E-state index in [0.717, 1.165) is 27.9 Å². The van der Waals surface area contributed by atoms with E-state index >= 15 is 0 Å². The number of fused-ring (bicyclic) bond motifs is 1. The Balaban J connectivity index is 1.98. The van der Waals surface area contributed by atoms with Crippen molar-refractivity contribution in [3.63, 3.8) is 0 Å². The number of para-hydroxylation sites is 1. The third-order valence-corrected chi connectivity index (χ3v) is 4.46. The second-order valence-electron chi connectivity index (χ2n) is 6.50. The highest BCUT2D eigenvalue weighted by molar-refractivity contribution is 6.00. The molecule has 0 aliphatic heterocycles. The molecule has 0 aliphatic carbocycles. The predicted molar refractivity (Wildman–Crippen MR) is 104 cm³/mol. The van der Waals surface area contributed by atoms with E-state index in [1.807, 2.05) is 62.4 Å². The van der Waals surface area contributed by atoms with Crippen molar-refractivity contribution in [2.24, 2.45) is 0 Å². The lowest BCUT2D eigenvalue weighted by atomic mass is 10.0. The minimum atomic E-state index is -0.392. The Morgan fingerprint density at radius 1 is 0.885 bits per heavy atom. The van der Waals surface area contributed by atoms with E-state index in [1.165, 1.54) is 0 Å². The SMILES string of the molecule is Cc1ccc(-c2c(Nc3ccccc3C)oc3cc(C)oc(=O)c23)cc1. The molecule has 4 heteroatoms. The zero-order valence-corrected chi connectivity index (χ0v) is 14.9. The van der Waals surface area contributed by atoms with Gasteiger partial charge in [-0.3, -0.25) is 0 Å². The van der Waals surface area contributed by atoms with Gasteiger partial charge < -0.3 is 14.2 Å². The van der Waals surface area contributed by atoms with E-state index in [1.54, 1.807) is 13.0 Å². The number of anilines is 2. The van der Waals surface area contributed by atoms with Crippen molar-refractivity contribution in [2.75, 3.05) is 5.32 Å². The molecule has 0 aliphatic rings. The highest BCUT2D eigenvalue weighted by Crippen LogP contribution is 2.39. The molecule has 0 amide bonds. The van der Waals surface area contributed by atoms with E-state index in [9.17, 15) is 4.79 Å². The van der Waals surface area contributed by atoms with Crippen LogP contribution in [0.4, 0.5) is 11.6 Å². The van der Waals surface area contributed by atoms with Crippen LogP contribution in [0.25, 0.3) is 22.1 Å². The van der Waals surface area contributed by atoms with Gasteiger partial charge in [-0.15, -0.1) is 0 Å². The first-order chi connectivity index (χ1) is 12.5. The summed E-state index contributed by atoms with van der Waals surface area (Å²) in [6, 6.07) is 17.7. The standard InChI is InChI=1S/C22H19NO3/c1-13-8-10-16(11-9-13)19-20-18(12-15(3)25-22(20)24)26-21(19)23-17-7-5-4-6-14(17)2/h4-12,23H,1-3H3.